The highest BCUT2D eigenvalue weighted by molar-refractivity contribution is 6.31. The van der Waals surface area contributed by atoms with Crippen molar-refractivity contribution in [1.82, 2.24) is 20.1 Å². The molecule has 1 unspecified atom stereocenters. The lowest BCUT2D eigenvalue weighted by Crippen LogP contribution is -2.45. The standard InChI is InChI=1S/C29H37ClN4O2/c30-25-10-4-3-9-24(25)26(32-27(35)23-7-1-2-8-23)11-16-33-17-12-29(13-18-33)14-19-34(28(29)36)21-22-6-5-15-31-20-22/h3-6,9-10,15,20,23,26H,1-2,7-8,11-14,16-19,21H2,(H,32,35). The number of hydrogen-bond donors (Lipinski definition) is 1. The lowest BCUT2D eigenvalue weighted by molar-refractivity contribution is -0.139. The molecule has 1 N–H and O–H groups in total. The van der Waals surface area contributed by atoms with E-state index in [1.807, 2.05) is 47.5 Å². The van der Waals surface area contributed by atoms with Gasteiger partial charge >= 0.3 is 0 Å². The Morgan fingerprint density at radius 2 is 1.83 bits per heavy atom. The van der Waals surface area contributed by atoms with Crippen molar-refractivity contribution < 1.29 is 9.59 Å². The van der Waals surface area contributed by atoms with Crippen LogP contribution in [0.15, 0.2) is 48.8 Å². The van der Waals surface area contributed by atoms with Crippen molar-refractivity contribution in [2.45, 2.75) is 64.0 Å². The van der Waals surface area contributed by atoms with E-state index in [0.717, 1.165) is 88.7 Å². The molecule has 1 aromatic heterocycles. The van der Waals surface area contributed by atoms with Gasteiger partial charge in [-0.3, -0.25) is 14.6 Å². The Balaban J connectivity index is 1.17. The SMILES string of the molecule is O=C(NC(CCN1CCC2(CC1)CCN(Cc1cccnc1)C2=O)c1ccccc1Cl)C1CCCC1. The minimum Gasteiger partial charge on any atom is -0.349 e. The van der Waals surface area contributed by atoms with E-state index >= 15 is 0 Å². The highest BCUT2D eigenvalue weighted by Crippen LogP contribution is 2.42. The Labute approximate surface area is 219 Å². The summed E-state index contributed by atoms with van der Waals surface area (Å²) in [6.07, 6.45) is 11.4. The van der Waals surface area contributed by atoms with Gasteiger partial charge in [0.1, 0.15) is 0 Å². The third kappa shape index (κ3) is 5.60. The third-order valence-electron chi connectivity index (χ3n) is 8.57. The second kappa shape index (κ2) is 11.3. The van der Waals surface area contributed by atoms with Crippen LogP contribution in [0.5, 0.6) is 0 Å². The van der Waals surface area contributed by atoms with Gasteiger partial charge < -0.3 is 15.1 Å². The molecular weight excluding hydrogens is 472 g/mol. The number of benzene rings is 1. The molecule has 3 aliphatic rings. The molecule has 192 valence electrons. The number of likely N-dealkylation sites (tertiary alicyclic amines) is 2. The fraction of sp³-hybridized carbons (Fsp3) is 0.552. The zero-order valence-corrected chi connectivity index (χ0v) is 21.8. The molecule has 1 spiro atoms. The van der Waals surface area contributed by atoms with Crippen LogP contribution in [0.1, 0.15) is 68.5 Å². The summed E-state index contributed by atoms with van der Waals surface area (Å²) in [6.45, 7) is 4.19. The summed E-state index contributed by atoms with van der Waals surface area (Å²) in [4.78, 5) is 35.0. The van der Waals surface area contributed by atoms with E-state index in [1.165, 1.54) is 0 Å². The molecule has 3 fully saturated rings. The predicted molar refractivity (Wildman–Crippen MR) is 141 cm³/mol. The van der Waals surface area contributed by atoms with Gasteiger partial charge in [-0.25, -0.2) is 0 Å². The summed E-state index contributed by atoms with van der Waals surface area (Å²) < 4.78 is 0. The summed E-state index contributed by atoms with van der Waals surface area (Å²) >= 11 is 6.54. The Hall–Kier alpha value is -2.44. The van der Waals surface area contributed by atoms with Gasteiger partial charge in [-0.1, -0.05) is 48.7 Å². The Kier molecular flexibility index (Phi) is 7.92. The smallest absolute Gasteiger partial charge is 0.229 e. The Bertz CT molecular complexity index is 1050. The third-order valence-corrected chi connectivity index (χ3v) is 8.91. The lowest BCUT2D eigenvalue weighted by Gasteiger charge is -2.38. The topological polar surface area (TPSA) is 65.5 Å². The van der Waals surface area contributed by atoms with E-state index in [2.05, 4.69) is 15.2 Å². The van der Waals surface area contributed by atoms with E-state index in [4.69, 9.17) is 11.6 Å². The van der Waals surface area contributed by atoms with Gasteiger partial charge in [0.2, 0.25) is 11.8 Å². The lowest BCUT2D eigenvalue weighted by atomic mass is 9.77. The molecule has 6 nitrogen and oxygen atoms in total. The number of carbonyl (C=O) groups is 2. The Morgan fingerprint density at radius 3 is 2.56 bits per heavy atom. The molecule has 0 bridgehead atoms. The van der Waals surface area contributed by atoms with Crippen molar-refractivity contribution in [1.29, 1.82) is 0 Å². The van der Waals surface area contributed by atoms with Gasteiger partial charge in [-0.15, -0.1) is 0 Å². The molecule has 3 heterocycles. The Morgan fingerprint density at radius 1 is 1.08 bits per heavy atom. The van der Waals surface area contributed by atoms with Crippen LogP contribution in [0.2, 0.25) is 5.02 Å². The highest BCUT2D eigenvalue weighted by Gasteiger charge is 2.47. The molecule has 1 aliphatic carbocycles. The van der Waals surface area contributed by atoms with Crippen molar-refractivity contribution in [3.05, 3.63) is 64.9 Å². The molecule has 1 saturated carbocycles. The molecule has 2 aromatic rings. The molecule has 7 heteroatoms. The van der Waals surface area contributed by atoms with Gasteiger partial charge in [0.15, 0.2) is 0 Å². The summed E-state index contributed by atoms with van der Waals surface area (Å²) in [5, 5.41) is 4.03. The normalized spacial score (nSPS) is 21.2. The van der Waals surface area contributed by atoms with E-state index < -0.39 is 0 Å². The molecule has 1 aromatic carbocycles. The van der Waals surface area contributed by atoms with Crippen LogP contribution in [-0.4, -0.2) is 52.8 Å². The van der Waals surface area contributed by atoms with Gasteiger partial charge in [-0.05, 0) is 74.9 Å². The average Bonchev–Trinajstić information content (AvgIpc) is 3.54. The first-order valence-electron chi connectivity index (χ1n) is 13.5. The fourth-order valence-corrected chi connectivity index (χ4v) is 6.54. The highest BCUT2D eigenvalue weighted by atomic mass is 35.5. The fourth-order valence-electron chi connectivity index (χ4n) is 6.28. The predicted octanol–water partition coefficient (Wildman–Crippen LogP) is 4.99. The molecule has 36 heavy (non-hydrogen) atoms. The van der Waals surface area contributed by atoms with E-state index in [1.54, 1.807) is 6.20 Å². The summed E-state index contributed by atoms with van der Waals surface area (Å²) in [6, 6.07) is 11.7. The first-order valence-corrected chi connectivity index (χ1v) is 13.9. The first-order chi connectivity index (χ1) is 17.5. The minimum atomic E-state index is -0.211. The largest absolute Gasteiger partial charge is 0.349 e. The van der Waals surface area contributed by atoms with Crippen molar-refractivity contribution in [2.75, 3.05) is 26.2 Å². The summed E-state index contributed by atoms with van der Waals surface area (Å²) in [5.74, 6) is 0.608. The second-order valence-corrected chi connectivity index (χ2v) is 11.2. The summed E-state index contributed by atoms with van der Waals surface area (Å²) in [7, 11) is 0. The first kappa shape index (κ1) is 25.2. The molecule has 2 amide bonds. The maximum Gasteiger partial charge on any atom is 0.229 e. The van der Waals surface area contributed by atoms with E-state index in [9.17, 15) is 9.59 Å². The zero-order valence-electron chi connectivity index (χ0n) is 21.0. The quantitative estimate of drug-likeness (QED) is 0.545. The number of rotatable bonds is 8. The van der Waals surface area contributed by atoms with Crippen LogP contribution in [0.3, 0.4) is 0 Å². The monoisotopic (exact) mass is 508 g/mol. The molecule has 0 radical (unpaired) electrons. The van der Waals surface area contributed by atoms with Crippen molar-refractivity contribution in [2.24, 2.45) is 11.3 Å². The summed E-state index contributed by atoms with van der Waals surface area (Å²) in [5.41, 5.74) is 1.87. The maximum atomic E-state index is 13.4. The van der Waals surface area contributed by atoms with Crippen LogP contribution in [0.4, 0.5) is 0 Å². The van der Waals surface area contributed by atoms with Crippen molar-refractivity contribution in [3.63, 3.8) is 0 Å². The number of nitrogens with zero attached hydrogens (tertiary/aromatic N) is 3. The van der Waals surface area contributed by atoms with Crippen LogP contribution in [-0.2, 0) is 16.1 Å². The van der Waals surface area contributed by atoms with Crippen LogP contribution in [0.25, 0.3) is 0 Å². The number of aromatic nitrogens is 1. The van der Waals surface area contributed by atoms with Gasteiger partial charge in [-0.2, -0.15) is 0 Å². The van der Waals surface area contributed by atoms with Gasteiger partial charge in [0.05, 0.1) is 11.5 Å². The average molecular weight is 509 g/mol. The van der Waals surface area contributed by atoms with Crippen LogP contribution < -0.4 is 5.32 Å². The molecule has 2 saturated heterocycles. The zero-order chi connectivity index (χ0) is 25.0. The number of piperidine rings is 1. The number of carbonyl (C=O) groups excluding carboxylic acids is 2. The number of hydrogen-bond acceptors (Lipinski definition) is 4. The van der Waals surface area contributed by atoms with Gasteiger partial charge in [0.25, 0.3) is 0 Å². The second-order valence-electron chi connectivity index (χ2n) is 10.8. The van der Waals surface area contributed by atoms with Crippen LogP contribution in [0, 0.1) is 11.3 Å². The number of halogens is 1. The van der Waals surface area contributed by atoms with Crippen molar-refractivity contribution >= 4 is 23.4 Å². The molecule has 2 aliphatic heterocycles. The molecular formula is C29H37ClN4O2. The van der Waals surface area contributed by atoms with Crippen LogP contribution >= 0.6 is 11.6 Å². The minimum absolute atomic E-state index is 0.0919. The van der Waals surface area contributed by atoms with Gasteiger partial charge in [0, 0.05) is 43.0 Å². The molecule has 5 rings (SSSR count). The molecule has 1 atom stereocenters. The van der Waals surface area contributed by atoms with E-state index in [-0.39, 0.29) is 23.3 Å². The van der Waals surface area contributed by atoms with Crippen molar-refractivity contribution in [3.8, 4) is 0 Å². The number of nitrogens with one attached hydrogen (secondary N) is 1. The number of amides is 2. The maximum absolute atomic E-state index is 13.4. The van der Waals surface area contributed by atoms with E-state index in [0.29, 0.717) is 17.5 Å². The number of pyridine rings is 1.